The summed E-state index contributed by atoms with van der Waals surface area (Å²) in [5.41, 5.74) is 0.0914. The second kappa shape index (κ2) is 5.63. The van der Waals surface area contributed by atoms with Gasteiger partial charge in [0.05, 0.1) is 17.2 Å². The first kappa shape index (κ1) is 13.9. The van der Waals surface area contributed by atoms with Gasteiger partial charge in [0, 0.05) is 10.0 Å². The van der Waals surface area contributed by atoms with Crippen LogP contribution in [-0.2, 0) is 6.54 Å². The number of hydrogen-bond acceptors (Lipinski definition) is 2. The summed E-state index contributed by atoms with van der Waals surface area (Å²) in [5.74, 6) is -0.378. The fraction of sp³-hybridized carbons (Fsp3) is 0.0909. The van der Waals surface area contributed by atoms with Crippen molar-refractivity contribution in [3.63, 3.8) is 0 Å². The van der Waals surface area contributed by atoms with Crippen LogP contribution in [0.15, 0.2) is 42.6 Å². The van der Waals surface area contributed by atoms with E-state index in [9.17, 15) is 9.18 Å². The fourth-order valence-corrected chi connectivity index (χ4v) is 2.27. The molecule has 0 fully saturated rings. The molecule has 2 aromatic rings. The second-order valence-corrected chi connectivity index (χ2v) is 6.07. The first-order chi connectivity index (χ1) is 8.49. The fourth-order valence-electron chi connectivity index (χ4n) is 1.37. The van der Waals surface area contributed by atoms with Crippen LogP contribution in [0, 0.1) is 5.82 Å². The molecular formula is C11H6Br3FN2O. The molecule has 7 heteroatoms. The summed E-state index contributed by atoms with van der Waals surface area (Å²) in [6.45, 7) is 0.0871. The number of aromatic nitrogens is 2. The first-order valence-electron chi connectivity index (χ1n) is 4.84. The van der Waals surface area contributed by atoms with E-state index in [1.165, 1.54) is 16.9 Å². The van der Waals surface area contributed by atoms with Crippen molar-refractivity contribution in [1.82, 2.24) is 9.78 Å². The molecule has 0 spiro atoms. The zero-order chi connectivity index (χ0) is 13.3. The van der Waals surface area contributed by atoms with Crippen molar-refractivity contribution >= 4 is 47.8 Å². The molecule has 18 heavy (non-hydrogen) atoms. The number of hydrogen-bond donors (Lipinski definition) is 0. The highest BCUT2D eigenvalue weighted by molar-refractivity contribution is 9.13. The van der Waals surface area contributed by atoms with E-state index < -0.39 is 0 Å². The normalized spacial score (nSPS) is 10.7. The third-order valence-electron chi connectivity index (χ3n) is 2.28. The quantitative estimate of drug-likeness (QED) is 0.713. The zero-order valence-electron chi connectivity index (χ0n) is 8.83. The van der Waals surface area contributed by atoms with E-state index in [1.54, 1.807) is 12.1 Å². The van der Waals surface area contributed by atoms with Gasteiger partial charge in [-0.05, 0) is 44.0 Å². The van der Waals surface area contributed by atoms with Crippen LogP contribution in [0.1, 0.15) is 5.56 Å². The Kier molecular flexibility index (Phi) is 4.34. The van der Waals surface area contributed by atoms with Crippen molar-refractivity contribution in [2.45, 2.75) is 6.54 Å². The van der Waals surface area contributed by atoms with Gasteiger partial charge < -0.3 is 0 Å². The predicted octanol–water partition coefficient (Wildman–Crippen LogP) is 3.72. The van der Waals surface area contributed by atoms with E-state index >= 15 is 0 Å². The molecule has 0 aliphatic carbocycles. The molecule has 0 saturated heterocycles. The molecule has 0 unspecified atom stereocenters. The Morgan fingerprint density at radius 1 is 1.28 bits per heavy atom. The lowest BCUT2D eigenvalue weighted by Gasteiger charge is -2.07. The van der Waals surface area contributed by atoms with Crippen molar-refractivity contribution < 1.29 is 4.39 Å². The second-order valence-electron chi connectivity index (χ2n) is 3.51. The SMILES string of the molecule is O=c1c(Br)c(Br)cnn1Cc1ccc(Br)cc1F. The van der Waals surface area contributed by atoms with Crippen LogP contribution in [0.25, 0.3) is 0 Å². The molecule has 0 atom stereocenters. The van der Waals surface area contributed by atoms with Crippen LogP contribution in [0.5, 0.6) is 0 Å². The van der Waals surface area contributed by atoms with Crippen molar-refractivity contribution in [2.75, 3.05) is 0 Å². The largest absolute Gasteiger partial charge is 0.282 e. The van der Waals surface area contributed by atoms with E-state index in [0.29, 0.717) is 19.0 Å². The highest BCUT2D eigenvalue weighted by Gasteiger charge is 2.09. The van der Waals surface area contributed by atoms with Crippen molar-refractivity contribution in [3.05, 3.63) is 59.5 Å². The monoisotopic (exact) mass is 438 g/mol. The lowest BCUT2D eigenvalue weighted by molar-refractivity contribution is 0.569. The zero-order valence-corrected chi connectivity index (χ0v) is 13.6. The first-order valence-corrected chi connectivity index (χ1v) is 7.22. The van der Waals surface area contributed by atoms with E-state index in [0.717, 1.165) is 0 Å². The average Bonchev–Trinajstić information content (AvgIpc) is 2.33. The van der Waals surface area contributed by atoms with E-state index in [4.69, 9.17) is 0 Å². The molecule has 0 radical (unpaired) electrons. The van der Waals surface area contributed by atoms with Crippen LogP contribution in [-0.4, -0.2) is 9.78 Å². The third-order valence-corrected chi connectivity index (χ3v) is 4.67. The molecule has 1 aromatic heterocycles. The van der Waals surface area contributed by atoms with Crippen LogP contribution < -0.4 is 5.56 Å². The number of nitrogens with zero attached hydrogens (tertiary/aromatic N) is 2. The van der Waals surface area contributed by atoms with Crippen LogP contribution >= 0.6 is 47.8 Å². The molecule has 0 N–H and O–H groups in total. The topological polar surface area (TPSA) is 34.9 Å². The minimum Gasteiger partial charge on any atom is -0.266 e. The van der Waals surface area contributed by atoms with Gasteiger partial charge in [-0.2, -0.15) is 5.10 Å². The van der Waals surface area contributed by atoms with E-state index in [1.807, 2.05) is 0 Å². The Balaban J connectivity index is 2.41. The molecule has 0 amide bonds. The van der Waals surface area contributed by atoms with Gasteiger partial charge in [0.1, 0.15) is 10.3 Å². The minimum atomic E-state index is -0.378. The average molecular weight is 441 g/mol. The van der Waals surface area contributed by atoms with Crippen LogP contribution in [0.3, 0.4) is 0 Å². The van der Waals surface area contributed by atoms with Gasteiger partial charge in [0.25, 0.3) is 5.56 Å². The third kappa shape index (κ3) is 2.89. The molecule has 1 aromatic carbocycles. The smallest absolute Gasteiger partial charge is 0.266 e. The van der Waals surface area contributed by atoms with Gasteiger partial charge in [-0.1, -0.05) is 22.0 Å². The maximum absolute atomic E-state index is 13.7. The molecule has 1 heterocycles. The summed E-state index contributed by atoms with van der Waals surface area (Å²) >= 11 is 9.52. The summed E-state index contributed by atoms with van der Waals surface area (Å²) < 4.78 is 16.4. The highest BCUT2D eigenvalue weighted by atomic mass is 79.9. The Bertz CT molecular complexity index is 657. The summed E-state index contributed by atoms with van der Waals surface area (Å²) in [4.78, 5) is 11.9. The molecule has 3 nitrogen and oxygen atoms in total. The summed E-state index contributed by atoms with van der Waals surface area (Å²) in [5, 5.41) is 3.95. The molecule has 0 saturated carbocycles. The molecule has 94 valence electrons. The molecule has 2 rings (SSSR count). The van der Waals surface area contributed by atoms with Crippen molar-refractivity contribution in [2.24, 2.45) is 0 Å². The van der Waals surface area contributed by atoms with Gasteiger partial charge in [0.15, 0.2) is 0 Å². The lowest BCUT2D eigenvalue weighted by Crippen LogP contribution is -2.24. The highest BCUT2D eigenvalue weighted by Crippen LogP contribution is 2.18. The summed E-state index contributed by atoms with van der Waals surface area (Å²) in [7, 11) is 0. The predicted molar refractivity (Wildman–Crippen MR) is 77.1 cm³/mol. The number of halogens is 4. The Labute approximate surface area is 127 Å². The number of rotatable bonds is 2. The molecule has 0 aliphatic heterocycles. The van der Waals surface area contributed by atoms with E-state index in [-0.39, 0.29) is 17.9 Å². The standard InChI is InChI=1S/C11H6Br3FN2O/c12-7-2-1-6(9(15)3-7)5-17-11(18)10(14)8(13)4-16-17/h1-4H,5H2. The van der Waals surface area contributed by atoms with Gasteiger partial charge in [-0.3, -0.25) is 4.79 Å². The van der Waals surface area contributed by atoms with Gasteiger partial charge in [-0.25, -0.2) is 9.07 Å². The van der Waals surface area contributed by atoms with Crippen molar-refractivity contribution in [3.8, 4) is 0 Å². The Morgan fingerprint density at radius 2 is 2.00 bits per heavy atom. The summed E-state index contributed by atoms with van der Waals surface area (Å²) in [6, 6.07) is 4.69. The van der Waals surface area contributed by atoms with E-state index in [2.05, 4.69) is 52.9 Å². The van der Waals surface area contributed by atoms with Crippen LogP contribution in [0.2, 0.25) is 0 Å². The van der Waals surface area contributed by atoms with Crippen molar-refractivity contribution in [1.29, 1.82) is 0 Å². The number of benzene rings is 1. The minimum absolute atomic E-state index is 0.0871. The molecule has 0 aliphatic rings. The summed E-state index contributed by atoms with van der Waals surface area (Å²) in [6.07, 6.45) is 1.49. The molecule has 0 bridgehead atoms. The molecular weight excluding hydrogens is 435 g/mol. The van der Waals surface area contributed by atoms with Gasteiger partial charge in [0.2, 0.25) is 0 Å². The van der Waals surface area contributed by atoms with Crippen LogP contribution in [0.4, 0.5) is 4.39 Å². The Morgan fingerprint density at radius 3 is 2.67 bits per heavy atom. The van der Waals surface area contributed by atoms with Gasteiger partial charge in [-0.15, -0.1) is 0 Å². The maximum Gasteiger partial charge on any atom is 0.282 e. The van der Waals surface area contributed by atoms with Gasteiger partial charge >= 0.3 is 0 Å². The maximum atomic E-state index is 13.7. The Hall–Kier alpha value is -0.530. The lowest BCUT2D eigenvalue weighted by atomic mass is 10.2.